The molecule has 0 radical (unpaired) electrons. The standard InChI is InChI=1S/C16H20N2O2/c19-16(18-9-12-6-7-13(10-18)20-12)15-8-5-11-3-1-2-4-14(11)17-15/h1-4,12-13,15,17H,5-10H2. The van der Waals surface area contributed by atoms with Crippen LogP contribution in [0.4, 0.5) is 5.69 Å². The van der Waals surface area contributed by atoms with Gasteiger partial charge in [0.05, 0.1) is 12.2 Å². The number of nitrogens with zero attached hydrogens (tertiary/aromatic N) is 1. The first-order chi connectivity index (χ1) is 9.79. The van der Waals surface area contributed by atoms with Gasteiger partial charge in [0.1, 0.15) is 6.04 Å². The second kappa shape index (κ2) is 4.77. The molecule has 20 heavy (non-hydrogen) atoms. The Morgan fingerprint density at radius 3 is 2.70 bits per heavy atom. The number of aryl methyl sites for hydroxylation is 1. The molecular formula is C16H20N2O2. The molecule has 4 nitrogen and oxygen atoms in total. The van der Waals surface area contributed by atoms with E-state index in [1.807, 2.05) is 11.0 Å². The van der Waals surface area contributed by atoms with Crippen molar-refractivity contribution in [1.29, 1.82) is 0 Å². The Kier molecular flexibility index (Phi) is 2.91. The highest BCUT2D eigenvalue weighted by Gasteiger charge is 2.38. The summed E-state index contributed by atoms with van der Waals surface area (Å²) < 4.78 is 5.81. The van der Waals surface area contributed by atoms with Crippen LogP contribution in [0.2, 0.25) is 0 Å². The van der Waals surface area contributed by atoms with Gasteiger partial charge in [-0.25, -0.2) is 0 Å². The lowest BCUT2D eigenvalue weighted by molar-refractivity contribution is -0.140. The third kappa shape index (κ3) is 2.08. The van der Waals surface area contributed by atoms with Crippen LogP contribution in [0.1, 0.15) is 24.8 Å². The van der Waals surface area contributed by atoms with E-state index in [0.29, 0.717) is 0 Å². The largest absolute Gasteiger partial charge is 0.373 e. The summed E-state index contributed by atoms with van der Waals surface area (Å²) in [6.07, 6.45) is 4.63. The predicted octanol–water partition coefficient (Wildman–Crippen LogP) is 1.80. The molecule has 3 heterocycles. The number of para-hydroxylation sites is 1. The highest BCUT2D eigenvalue weighted by Crippen LogP contribution is 2.29. The molecular weight excluding hydrogens is 252 g/mol. The van der Waals surface area contributed by atoms with Crippen LogP contribution in [-0.4, -0.2) is 42.1 Å². The van der Waals surface area contributed by atoms with Gasteiger partial charge in [0.15, 0.2) is 0 Å². The molecule has 1 N–H and O–H groups in total. The number of hydrogen-bond acceptors (Lipinski definition) is 3. The van der Waals surface area contributed by atoms with Crippen molar-refractivity contribution >= 4 is 11.6 Å². The average Bonchev–Trinajstić information content (AvgIpc) is 2.84. The van der Waals surface area contributed by atoms with E-state index in [0.717, 1.165) is 44.5 Å². The number of anilines is 1. The molecule has 1 aromatic carbocycles. The zero-order chi connectivity index (χ0) is 13.5. The van der Waals surface area contributed by atoms with Crippen molar-refractivity contribution in [2.75, 3.05) is 18.4 Å². The lowest BCUT2D eigenvalue weighted by atomic mass is 9.97. The van der Waals surface area contributed by atoms with Gasteiger partial charge in [-0.3, -0.25) is 4.79 Å². The minimum atomic E-state index is -0.0672. The molecule has 3 aliphatic rings. The van der Waals surface area contributed by atoms with E-state index in [-0.39, 0.29) is 24.2 Å². The van der Waals surface area contributed by atoms with Crippen molar-refractivity contribution in [2.24, 2.45) is 0 Å². The van der Waals surface area contributed by atoms with Crippen LogP contribution < -0.4 is 5.32 Å². The molecule has 2 fully saturated rings. The van der Waals surface area contributed by atoms with E-state index in [2.05, 4.69) is 23.5 Å². The molecule has 3 atom stereocenters. The van der Waals surface area contributed by atoms with Crippen LogP contribution >= 0.6 is 0 Å². The summed E-state index contributed by atoms with van der Waals surface area (Å²) in [5.41, 5.74) is 2.44. The van der Waals surface area contributed by atoms with E-state index in [4.69, 9.17) is 4.74 Å². The Morgan fingerprint density at radius 2 is 1.90 bits per heavy atom. The van der Waals surface area contributed by atoms with Crippen LogP contribution in [0.3, 0.4) is 0 Å². The van der Waals surface area contributed by atoms with Crippen molar-refractivity contribution in [1.82, 2.24) is 4.90 Å². The van der Waals surface area contributed by atoms with Gasteiger partial charge in [-0.2, -0.15) is 0 Å². The van der Waals surface area contributed by atoms with E-state index in [9.17, 15) is 4.79 Å². The zero-order valence-corrected chi connectivity index (χ0v) is 11.5. The molecule has 0 aromatic heterocycles. The first-order valence-corrected chi connectivity index (χ1v) is 7.58. The predicted molar refractivity (Wildman–Crippen MR) is 76.6 cm³/mol. The van der Waals surface area contributed by atoms with E-state index >= 15 is 0 Å². The van der Waals surface area contributed by atoms with Crippen LogP contribution in [-0.2, 0) is 16.0 Å². The Balaban J connectivity index is 1.47. The van der Waals surface area contributed by atoms with Crippen LogP contribution in [0.5, 0.6) is 0 Å². The Bertz CT molecular complexity index is 519. The summed E-state index contributed by atoms with van der Waals surface area (Å²) in [6, 6.07) is 8.22. The average molecular weight is 272 g/mol. The number of amides is 1. The number of carbonyl (C=O) groups excluding carboxylic acids is 1. The van der Waals surface area contributed by atoms with Gasteiger partial charge in [0.2, 0.25) is 5.91 Å². The second-order valence-electron chi connectivity index (χ2n) is 6.09. The van der Waals surface area contributed by atoms with Crippen molar-refractivity contribution < 1.29 is 9.53 Å². The van der Waals surface area contributed by atoms with Crippen molar-refractivity contribution in [3.63, 3.8) is 0 Å². The number of nitrogens with one attached hydrogen (secondary N) is 1. The van der Waals surface area contributed by atoms with Gasteiger partial charge in [-0.15, -0.1) is 0 Å². The quantitative estimate of drug-likeness (QED) is 0.847. The number of benzene rings is 1. The molecule has 2 saturated heterocycles. The maximum Gasteiger partial charge on any atom is 0.245 e. The summed E-state index contributed by atoms with van der Waals surface area (Å²) in [7, 11) is 0. The number of fused-ring (bicyclic) bond motifs is 3. The third-order valence-corrected chi connectivity index (χ3v) is 4.70. The molecule has 4 heteroatoms. The van der Waals surface area contributed by atoms with Crippen molar-refractivity contribution in [3.05, 3.63) is 29.8 Å². The van der Waals surface area contributed by atoms with E-state index in [1.165, 1.54) is 5.56 Å². The second-order valence-corrected chi connectivity index (χ2v) is 6.09. The summed E-state index contributed by atoms with van der Waals surface area (Å²) in [5, 5.41) is 3.41. The molecule has 0 aliphatic carbocycles. The molecule has 0 spiro atoms. The molecule has 106 valence electrons. The summed E-state index contributed by atoms with van der Waals surface area (Å²) >= 11 is 0. The fraction of sp³-hybridized carbons (Fsp3) is 0.562. The van der Waals surface area contributed by atoms with Gasteiger partial charge in [-0.1, -0.05) is 18.2 Å². The number of morpholine rings is 1. The van der Waals surface area contributed by atoms with Gasteiger partial charge in [-0.05, 0) is 37.3 Å². The first kappa shape index (κ1) is 12.2. The summed E-state index contributed by atoms with van der Waals surface area (Å²) in [5.74, 6) is 0.250. The van der Waals surface area contributed by atoms with Crippen LogP contribution in [0, 0.1) is 0 Å². The van der Waals surface area contributed by atoms with E-state index in [1.54, 1.807) is 0 Å². The third-order valence-electron chi connectivity index (χ3n) is 4.70. The molecule has 0 saturated carbocycles. The zero-order valence-electron chi connectivity index (χ0n) is 11.5. The van der Waals surface area contributed by atoms with Gasteiger partial charge in [0, 0.05) is 18.8 Å². The minimum absolute atomic E-state index is 0.0672. The normalized spacial score (nSPS) is 31.6. The van der Waals surface area contributed by atoms with Crippen molar-refractivity contribution in [3.8, 4) is 0 Å². The lowest BCUT2D eigenvalue weighted by Gasteiger charge is -2.36. The van der Waals surface area contributed by atoms with E-state index < -0.39 is 0 Å². The molecule has 3 aliphatic heterocycles. The smallest absolute Gasteiger partial charge is 0.245 e. The summed E-state index contributed by atoms with van der Waals surface area (Å²) in [6.45, 7) is 1.55. The van der Waals surface area contributed by atoms with Crippen molar-refractivity contribution in [2.45, 2.75) is 43.9 Å². The highest BCUT2D eigenvalue weighted by atomic mass is 16.5. The van der Waals surface area contributed by atoms with Crippen LogP contribution in [0.15, 0.2) is 24.3 Å². The number of likely N-dealkylation sites (tertiary alicyclic amines) is 1. The van der Waals surface area contributed by atoms with Crippen LogP contribution in [0.25, 0.3) is 0 Å². The number of ether oxygens (including phenoxy) is 1. The fourth-order valence-corrected chi connectivity index (χ4v) is 3.64. The molecule has 1 aromatic rings. The van der Waals surface area contributed by atoms with Gasteiger partial charge in [0.25, 0.3) is 0 Å². The SMILES string of the molecule is O=C(C1CCc2ccccc2N1)N1CC2CCC(C1)O2. The molecule has 1 amide bonds. The number of hydrogen-bond donors (Lipinski definition) is 1. The Hall–Kier alpha value is -1.55. The Morgan fingerprint density at radius 1 is 1.15 bits per heavy atom. The van der Waals surface area contributed by atoms with Gasteiger partial charge < -0.3 is 15.0 Å². The summed E-state index contributed by atoms with van der Waals surface area (Å²) in [4.78, 5) is 14.7. The van der Waals surface area contributed by atoms with Gasteiger partial charge >= 0.3 is 0 Å². The molecule has 2 bridgehead atoms. The fourth-order valence-electron chi connectivity index (χ4n) is 3.64. The first-order valence-electron chi connectivity index (χ1n) is 7.58. The lowest BCUT2D eigenvalue weighted by Crippen LogP contribution is -2.51. The maximum atomic E-state index is 12.7. The molecule has 3 unspecified atom stereocenters. The highest BCUT2D eigenvalue weighted by molar-refractivity contribution is 5.86. The number of carbonyl (C=O) groups is 1. The maximum absolute atomic E-state index is 12.7. The number of rotatable bonds is 1. The Labute approximate surface area is 119 Å². The topological polar surface area (TPSA) is 41.6 Å². The minimum Gasteiger partial charge on any atom is -0.373 e. The molecule has 4 rings (SSSR count). The monoisotopic (exact) mass is 272 g/mol.